The van der Waals surface area contributed by atoms with Crippen molar-refractivity contribution in [2.45, 2.75) is 12.5 Å². The average molecular weight is 289 g/mol. The fraction of sp³-hybridized carbons (Fsp3) is 0.267. The topological polar surface area (TPSA) is 63.2 Å². The maximum atomic E-state index is 12.1. The van der Waals surface area contributed by atoms with E-state index >= 15 is 0 Å². The van der Waals surface area contributed by atoms with E-state index in [0.29, 0.717) is 12.0 Å². The minimum Gasteiger partial charge on any atom is -0.348 e. The highest BCUT2D eigenvalue weighted by molar-refractivity contribution is 7.91. The lowest BCUT2D eigenvalue weighted by Gasteiger charge is -2.11. The van der Waals surface area contributed by atoms with Crippen LogP contribution in [0.3, 0.4) is 0 Å². The van der Waals surface area contributed by atoms with Crippen LogP contribution in [0.1, 0.15) is 16.8 Å². The van der Waals surface area contributed by atoms with Gasteiger partial charge in [0.15, 0.2) is 9.84 Å². The second-order valence-electron chi connectivity index (χ2n) is 5.14. The van der Waals surface area contributed by atoms with Crippen LogP contribution in [-0.4, -0.2) is 31.9 Å². The Balaban J connectivity index is 1.79. The number of hydrogen-bond donors (Lipinski definition) is 1. The summed E-state index contributed by atoms with van der Waals surface area (Å²) >= 11 is 0. The van der Waals surface area contributed by atoms with E-state index in [1.54, 1.807) is 6.07 Å². The molecule has 0 radical (unpaired) electrons. The van der Waals surface area contributed by atoms with Crippen LogP contribution in [0.15, 0.2) is 42.5 Å². The Morgan fingerprint density at radius 1 is 1.10 bits per heavy atom. The zero-order valence-corrected chi connectivity index (χ0v) is 11.7. The fourth-order valence-corrected chi connectivity index (χ4v) is 4.18. The van der Waals surface area contributed by atoms with Gasteiger partial charge in [-0.25, -0.2) is 8.42 Å². The van der Waals surface area contributed by atoms with Crippen LogP contribution in [-0.2, 0) is 9.84 Å². The molecule has 0 aliphatic carbocycles. The predicted molar refractivity (Wildman–Crippen MR) is 78.5 cm³/mol. The van der Waals surface area contributed by atoms with Crippen molar-refractivity contribution in [3.63, 3.8) is 0 Å². The average Bonchev–Trinajstić information content (AvgIpc) is 2.77. The number of fused-ring (bicyclic) bond motifs is 1. The summed E-state index contributed by atoms with van der Waals surface area (Å²) in [6, 6.07) is 13.0. The molecule has 1 unspecified atom stereocenters. The molecule has 1 aliphatic rings. The third kappa shape index (κ3) is 2.67. The lowest BCUT2D eigenvalue weighted by Crippen LogP contribution is -2.35. The molecule has 20 heavy (non-hydrogen) atoms. The van der Waals surface area contributed by atoms with Crippen molar-refractivity contribution < 1.29 is 13.2 Å². The van der Waals surface area contributed by atoms with Gasteiger partial charge in [0.25, 0.3) is 5.91 Å². The minimum absolute atomic E-state index is 0.0479. The Morgan fingerprint density at radius 3 is 2.55 bits per heavy atom. The number of carbonyl (C=O) groups is 1. The molecule has 2 aromatic carbocycles. The second kappa shape index (κ2) is 4.90. The third-order valence-corrected chi connectivity index (χ3v) is 5.35. The van der Waals surface area contributed by atoms with Crippen molar-refractivity contribution in [3.8, 4) is 0 Å². The molecule has 1 N–H and O–H groups in total. The molecule has 2 aromatic rings. The Hall–Kier alpha value is -1.88. The van der Waals surface area contributed by atoms with Crippen molar-refractivity contribution in [2.24, 2.45) is 0 Å². The highest BCUT2D eigenvalue weighted by atomic mass is 32.2. The van der Waals surface area contributed by atoms with Crippen molar-refractivity contribution in [1.29, 1.82) is 0 Å². The van der Waals surface area contributed by atoms with E-state index in [-0.39, 0.29) is 23.5 Å². The lowest BCUT2D eigenvalue weighted by molar-refractivity contribution is 0.0941. The maximum Gasteiger partial charge on any atom is 0.251 e. The zero-order chi connectivity index (χ0) is 14.2. The van der Waals surface area contributed by atoms with Gasteiger partial charge in [-0.1, -0.05) is 30.3 Å². The van der Waals surface area contributed by atoms with Gasteiger partial charge in [-0.05, 0) is 29.3 Å². The van der Waals surface area contributed by atoms with E-state index in [4.69, 9.17) is 0 Å². The van der Waals surface area contributed by atoms with Crippen LogP contribution >= 0.6 is 0 Å². The first-order valence-electron chi connectivity index (χ1n) is 6.54. The molecule has 1 atom stereocenters. The molecular weight excluding hydrogens is 274 g/mol. The fourth-order valence-electron chi connectivity index (χ4n) is 2.51. The van der Waals surface area contributed by atoms with Crippen molar-refractivity contribution in [2.75, 3.05) is 11.5 Å². The molecule has 104 valence electrons. The molecule has 0 aromatic heterocycles. The van der Waals surface area contributed by atoms with E-state index in [9.17, 15) is 13.2 Å². The molecule has 3 rings (SSSR count). The number of amides is 1. The van der Waals surface area contributed by atoms with Gasteiger partial charge in [-0.15, -0.1) is 0 Å². The number of sulfone groups is 1. The highest BCUT2D eigenvalue weighted by Gasteiger charge is 2.29. The molecular formula is C15H15NO3S. The van der Waals surface area contributed by atoms with Gasteiger partial charge in [-0.2, -0.15) is 0 Å². The van der Waals surface area contributed by atoms with Crippen LogP contribution in [0.2, 0.25) is 0 Å². The van der Waals surface area contributed by atoms with E-state index in [2.05, 4.69) is 5.32 Å². The smallest absolute Gasteiger partial charge is 0.251 e. The van der Waals surface area contributed by atoms with Gasteiger partial charge >= 0.3 is 0 Å². The van der Waals surface area contributed by atoms with Crippen LogP contribution in [0.5, 0.6) is 0 Å². The van der Waals surface area contributed by atoms with Gasteiger partial charge in [-0.3, -0.25) is 4.79 Å². The first-order chi connectivity index (χ1) is 9.53. The molecule has 1 saturated heterocycles. The molecule has 1 amide bonds. The second-order valence-corrected chi connectivity index (χ2v) is 7.36. The predicted octanol–water partition coefficient (Wildman–Crippen LogP) is 1.76. The van der Waals surface area contributed by atoms with Crippen LogP contribution in [0.4, 0.5) is 0 Å². The summed E-state index contributed by atoms with van der Waals surface area (Å²) in [5.41, 5.74) is 0.563. The number of hydrogen-bond acceptors (Lipinski definition) is 3. The first kappa shape index (κ1) is 13.1. The number of rotatable bonds is 2. The molecule has 1 fully saturated rings. The zero-order valence-electron chi connectivity index (χ0n) is 10.9. The van der Waals surface area contributed by atoms with Crippen molar-refractivity contribution in [3.05, 3.63) is 48.0 Å². The van der Waals surface area contributed by atoms with E-state index < -0.39 is 9.84 Å². The van der Waals surface area contributed by atoms with E-state index in [0.717, 1.165) is 10.8 Å². The Labute approximate surface area is 117 Å². The standard InChI is InChI=1S/C15H15NO3S/c17-15(16-14-7-8-20(18,19)10-14)13-6-5-11-3-1-2-4-12(11)9-13/h1-6,9,14H,7-8,10H2,(H,16,17). The van der Waals surface area contributed by atoms with Crippen LogP contribution < -0.4 is 5.32 Å². The van der Waals surface area contributed by atoms with Crippen molar-refractivity contribution in [1.82, 2.24) is 5.32 Å². The monoisotopic (exact) mass is 289 g/mol. The summed E-state index contributed by atoms with van der Waals surface area (Å²) in [5.74, 6) is -0.0000154. The van der Waals surface area contributed by atoms with Gasteiger partial charge in [0, 0.05) is 11.6 Å². The first-order valence-corrected chi connectivity index (χ1v) is 8.36. The molecule has 0 bridgehead atoms. The summed E-state index contributed by atoms with van der Waals surface area (Å²) in [4.78, 5) is 12.1. The molecule has 4 nitrogen and oxygen atoms in total. The van der Waals surface area contributed by atoms with Crippen LogP contribution in [0, 0.1) is 0 Å². The molecule has 0 spiro atoms. The van der Waals surface area contributed by atoms with Crippen molar-refractivity contribution >= 4 is 26.5 Å². The highest BCUT2D eigenvalue weighted by Crippen LogP contribution is 2.17. The summed E-state index contributed by atoms with van der Waals surface area (Å²) in [7, 11) is -2.97. The number of benzene rings is 2. The third-order valence-electron chi connectivity index (χ3n) is 3.58. The number of nitrogens with one attached hydrogen (secondary N) is 1. The lowest BCUT2D eigenvalue weighted by atomic mass is 10.1. The maximum absolute atomic E-state index is 12.1. The van der Waals surface area contributed by atoms with Gasteiger partial charge in [0.1, 0.15) is 0 Å². The number of carbonyl (C=O) groups excluding carboxylic acids is 1. The summed E-state index contributed by atoms with van der Waals surface area (Å²) < 4.78 is 22.8. The summed E-state index contributed by atoms with van der Waals surface area (Å²) in [6.07, 6.45) is 0.502. The summed E-state index contributed by atoms with van der Waals surface area (Å²) in [5, 5.41) is 4.87. The molecule has 0 saturated carbocycles. The Kier molecular flexibility index (Phi) is 3.22. The van der Waals surface area contributed by atoms with Gasteiger partial charge < -0.3 is 5.32 Å². The normalized spacial score (nSPS) is 20.9. The molecule has 1 heterocycles. The molecule has 1 aliphatic heterocycles. The SMILES string of the molecule is O=C(NC1CCS(=O)(=O)C1)c1ccc2ccccc2c1. The van der Waals surface area contributed by atoms with Gasteiger partial charge in [0.05, 0.1) is 11.5 Å². The van der Waals surface area contributed by atoms with Crippen LogP contribution in [0.25, 0.3) is 10.8 Å². The van der Waals surface area contributed by atoms with Gasteiger partial charge in [0.2, 0.25) is 0 Å². The Bertz CT molecular complexity index is 768. The molecule has 5 heteroatoms. The van der Waals surface area contributed by atoms with E-state index in [1.807, 2.05) is 36.4 Å². The largest absolute Gasteiger partial charge is 0.348 e. The summed E-state index contributed by atoms with van der Waals surface area (Å²) in [6.45, 7) is 0. The van der Waals surface area contributed by atoms with E-state index in [1.165, 1.54) is 0 Å². The minimum atomic E-state index is -2.97. The Morgan fingerprint density at radius 2 is 1.85 bits per heavy atom. The quantitative estimate of drug-likeness (QED) is 0.916.